The second-order valence-electron chi connectivity index (χ2n) is 6.51. The van der Waals surface area contributed by atoms with Crippen LogP contribution in [0.2, 0.25) is 0 Å². The lowest BCUT2D eigenvalue weighted by molar-refractivity contribution is -0.139. The molecule has 1 saturated carbocycles. The highest BCUT2D eigenvalue weighted by molar-refractivity contribution is 5.94. The van der Waals surface area contributed by atoms with Crippen molar-refractivity contribution < 1.29 is 19.4 Å². The summed E-state index contributed by atoms with van der Waals surface area (Å²) in [4.78, 5) is 26.3. The minimum absolute atomic E-state index is 0.0398. The van der Waals surface area contributed by atoms with Gasteiger partial charge in [-0.3, -0.25) is 9.59 Å². The highest BCUT2D eigenvalue weighted by atomic mass is 16.5. The first kappa shape index (κ1) is 19.2. The first-order valence-electron chi connectivity index (χ1n) is 8.95. The fourth-order valence-electron chi connectivity index (χ4n) is 3.17. The Bertz CT molecular complexity index is 585. The Labute approximate surface area is 149 Å². The average molecular weight is 348 g/mol. The monoisotopic (exact) mass is 348 g/mol. The number of hydrogen-bond acceptors (Lipinski definition) is 4. The normalized spacial score (nSPS) is 16.1. The second kappa shape index (κ2) is 9.42. The van der Waals surface area contributed by atoms with Gasteiger partial charge >= 0.3 is 0 Å². The van der Waals surface area contributed by atoms with Crippen LogP contribution in [0.15, 0.2) is 24.3 Å². The third-order valence-corrected chi connectivity index (χ3v) is 4.62. The van der Waals surface area contributed by atoms with Crippen LogP contribution in [0.3, 0.4) is 0 Å². The summed E-state index contributed by atoms with van der Waals surface area (Å²) in [7, 11) is 1.84. The maximum Gasteiger partial charge on any atom is 0.263 e. The van der Waals surface area contributed by atoms with E-state index in [1.54, 1.807) is 31.2 Å². The number of rotatable bonds is 7. The molecule has 2 rings (SSSR count). The first-order valence-corrected chi connectivity index (χ1v) is 8.95. The zero-order chi connectivity index (χ0) is 18.2. The van der Waals surface area contributed by atoms with Gasteiger partial charge in [0.1, 0.15) is 5.75 Å². The molecule has 0 aliphatic heterocycles. The molecule has 1 fully saturated rings. The number of carbonyl (C=O) groups is 2. The van der Waals surface area contributed by atoms with E-state index >= 15 is 0 Å². The Balaban J connectivity index is 1.96. The number of likely N-dealkylation sites (N-methyl/N-ethyl adjacent to an activating group) is 1. The van der Waals surface area contributed by atoms with Crippen molar-refractivity contribution in [2.24, 2.45) is 0 Å². The standard InChI is InChI=1S/C19H28N2O4/c1-14(19(24)21(2)16-8-4-3-5-9-16)25-17-10-6-7-15(13-17)18(23)20-11-12-22/h6-7,10,13-14,16,22H,3-5,8-9,11-12H2,1-2H3,(H,20,23). The highest BCUT2D eigenvalue weighted by Gasteiger charge is 2.26. The van der Waals surface area contributed by atoms with Gasteiger partial charge in [0, 0.05) is 25.2 Å². The molecule has 1 atom stereocenters. The van der Waals surface area contributed by atoms with Crippen molar-refractivity contribution in [3.05, 3.63) is 29.8 Å². The number of nitrogens with zero attached hydrogens (tertiary/aromatic N) is 1. The Hall–Kier alpha value is -2.08. The zero-order valence-electron chi connectivity index (χ0n) is 15.0. The molecule has 0 bridgehead atoms. The van der Waals surface area contributed by atoms with Gasteiger partial charge in [0.2, 0.25) is 0 Å². The maximum absolute atomic E-state index is 12.6. The van der Waals surface area contributed by atoms with E-state index < -0.39 is 6.10 Å². The van der Waals surface area contributed by atoms with E-state index in [4.69, 9.17) is 9.84 Å². The number of hydrogen-bond donors (Lipinski definition) is 2. The Kier molecular flexibility index (Phi) is 7.25. The van der Waals surface area contributed by atoms with Crippen LogP contribution in [-0.2, 0) is 4.79 Å². The van der Waals surface area contributed by atoms with Crippen molar-refractivity contribution in [1.29, 1.82) is 0 Å². The number of carbonyl (C=O) groups excluding carboxylic acids is 2. The highest BCUT2D eigenvalue weighted by Crippen LogP contribution is 2.23. The number of aliphatic hydroxyl groups is 1. The first-order chi connectivity index (χ1) is 12.0. The Morgan fingerprint density at radius 3 is 2.72 bits per heavy atom. The molecule has 1 unspecified atom stereocenters. The molecule has 1 aromatic carbocycles. The van der Waals surface area contributed by atoms with E-state index in [0.717, 1.165) is 12.8 Å². The lowest BCUT2D eigenvalue weighted by Gasteiger charge is -2.32. The molecule has 6 heteroatoms. The van der Waals surface area contributed by atoms with Crippen molar-refractivity contribution in [1.82, 2.24) is 10.2 Å². The molecule has 138 valence electrons. The van der Waals surface area contributed by atoms with Crippen LogP contribution in [0.1, 0.15) is 49.4 Å². The van der Waals surface area contributed by atoms with Crippen LogP contribution in [0.4, 0.5) is 0 Å². The largest absolute Gasteiger partial charge is 0.481 e. The van der Waals surface area contributed by atoms with Crippen LogP contribution >= 0.6 is 0 Å². The molecule has 1 aliphatic carbocycles. The molecule has 25 heavy (non-hydrogen) atoms. The fourth-order valence-corrected chi connectivity index (χ4v) is 3.17. The summed E-state index contributed by atoms with van der Waals surface area (Å²) >= 11 is 0. The van der Waals surface area contributed by atoms with Crippen LogP contribution in [0.25, 0.3) is 0 Å². The van der Waals surface area contributed by atoms with Crippen LogP contribution < -0.4 is 10.1 Å². The zero-order valence-corrected chi connectivity index (χ0v) is 15.0. The summed E-state index contributed by atoms with van der Waals surface area (Å²) in [6, 6.07) is 7.01. The molecule has 0 saturated heterocycles. The third-order valence-electron chi connectivity index (χ3n) is 4.62. The van der Waals surface area contributed by atoms with E-state index in [-0.39, 0.29) is 25.0 Å². The predicted octanol–water partition coefficient (Wildman–Crippen LogP) is 1.97. The Morgan fingerprint density at radius 1 is 1.32 bits per heavy atom. The topological polar surface area (TPSA) is 78.9 Å². The minimum Gasteiger partial charge on any atom is -0.481 e. The van der Waals surface area contributed by atoms with Gasteiger partial charge in [-0.05, 0) is 38.0 Å². The SMILES string of the molecule is CC(Oc1cccc(C(=O)NCCO)c1)C(=O)N(C)C1CCCCC1. The molecule has 0 radical (unpaired) electrons. The number of aliphatic hydroxyl groups excluding tert-OH is 1. The number of benzene rings is 1. The van der Waals surface area contributed by atoms with E-state index in [1.165, 1.54) is 19.3 Å². The minimum atomic E-state index is -0.609. The van der Waals surface area contributed by atoms with Crippen molar-refractivity contribution in [3.63, 3.8) is 0 Å². The lowest BCUT2D eigenvalue weighted by atomic mass is 9.94. The lowest BCUT2D eigenvalue weighted by Crippen LogP contribution is -2.44. The van der Waals surface area contributed by atoms with Gasteiger partial charge in [-0.15, -0.1) is 0 Å². The van der Waals surface area contributed by atoms with Gasteiger partial charge in [-0.2, -0.15) is 0 Å². The van der Waals surface area contributed by atoms with Crippen molar-refractivity contribution >= 4 is 11.8 Å². The molecule has 6 nitrogen and oxygen atoms in total. The predicted molar refractivity (Wildman–Crippen MR) is 95.6 cm³/mol. The van der Waals surface area contributed by atoms with Crippen LogP contribution in [0.5, 0.6) is 5.75 Å². The van der Waals surface area contributed by atoms with E-state index in [2.05, 4.69) is 5.32 Å². The van der Waals surface area contributed by atoms with Crippen LogP contribution in [0, 0.1) is 0 Å². The molecule has 1 aromatic rings. The fraction of sp³-hybridized carbons (Fsp3) is 0.579. The van der Waals surface area contributed by atoms with E-state index in [9.17, 15) is 9.59 Å². The summed E-state index contributed by atoms with van der Waals surface area (Å²) in [6.45, 7) is 1.83. The quantitative estimate of drug-likeness (QED) is 0.790. The van der Waals surface area contributed by atoms with Gasteiger partial charge < -0.3 is 20.1 Å². The van der Waals surface area contributed by atoms with Crippen LogP contribution in [-0.4, -0.2) is 54.2 Å². The van der Waals surface area contributed by atoms with Gasteiger partial charge in [0.25, 0.3) is 11.8 Å². The number of ether oxygens (including phenoxy) is 1. The molecule has 2 N–H and O–H groups in total. The summed E-state index contributed by atoms with van der Waals surface area (Å²) < 4.78 is 5.76. The number of nitrogens with one attached hydrogen (secondary N) is 1. The van der Waals surface area contributed by atoms with Crippen molar-refractivity contribution in [3.8, 4) is 5.75 Å². The Morgan fingerprint density at radius 2 is 2.04 bits per heavy atom. The van der Waals surface area contributed by atoms with Gasteiger partial charge in [0.05, 0.1) is 6.61 Å². The summed E-state index contributed by atoms with van der Waals surface area (Å²) in [6.07, 6.45) is 5.08. The molecule has 0 aromatic heterocycles. The smallest absolute Gasteiger partial charge is 0.263 e. The third kappa shape index (κ3) is 5.46. The molecular formula is C19H28N2O4. The molecule has 0 heterocycles. The summed E-state index contributed by atoms with van der Waals surface area (Å²) in [5.74, 6) is 0.161. The van der Waals surface area contributed by atoms with Crippen molar-refractivity contribution in [2.45, 2.75) is 51.2 Å². The average Bonchev–Trinajstić information content (AvgIpc) is 2.65. The van der Waals surface area contributed by atoms with Gasteiger partial charge in [0.15, 0.2) is 6.10 Å². The van der Waals surface area contributed by atoms with Gasteiger partial charge in [-0.1, -0.05) is 25.3 Å². The van der Waals surface area contributed by atoms with Gasteiger partial charge in [-0.25, -0.2) is 0 Å². The van der Waals surface area contributed by atoms with E-state index in [0.29, 0.717) is 17.4 Å². The van der Waals surface area contributed by atoms with Crippen molar-refractivity contribution in [2.75, 3.05) is 20.2 Å². The maximum atomic E-state index is 12.6. The second-order valence-corrected chi connectivity index (χ2v) is 6.51. The number of amides is 2. The molecule has 2 amide bonds. The van der Waals surface area contributed by atoms with E-state index in [1.807, 2.05) is 11.9 Å². The summed E-state index contributed by atoms with van der Waals surface area (Å²) in [5, 5.41) is 11.4. The molecule has 1 aliphatic rings. The molecule has 0 spiro atoms. The molecular weight excluding hydrogens is 320 g/mol. The summed E-state index contributed by atoms with van der Waals surface area (Å²) in [5.41, 5.74) is 0.436.